The summed E-state index contributed by atoms with van der Waals surface area (Å²) in [6.45, 7) is 3.51. The van der Waals surface area contributed by atoms with Crippen molar-refractivity contribution in [1.29, 1.82) is 0 Å². The highest BCUT2D eigenvalue weighted by Crippen LogP contribution is 2.26. The first kappa shape index (κ1) is 18.2. The van der Waals surface area contributed by atoms with E-state index in [0.29, 0.717) is 5.56 Å². The fraction of sp³-hybridized carbons (Fsp3) is 0.350. The SMILES string of the molecule is C[C@@H](C(=O)N(C)[C@@H](C)[C@@H](O)c1ccccc1)[C@@H](O)c1ccccc1. The van der Waals surface area contributed by atoms with E-state index in [-0.39, 0.29) is 5.91 Å². The fourth-order valence-corrected chi connectivity index (χ4v) is 2.74. The lowest BCUT2D eigenvalue weighted by atomic mass is 9.95. The Kier molecular flexibility index (Phi) is 6.12. The molecule has 24 heavy (non-hydrogen) atoms. The van der Waals surface area contributed by atoms with Gasteiger partial charge in [-0.3, -0.25) is 4.79 Å². The van der Waals surface area contributed by atoms with E-state index in [1.807, 2.05) is 48.5 Å². The van der Waals surface area contributed by atoms with Crippen LogP contribution in [0.3, 0.4) is 0 Å². The van der Waals surface area contributed by atoms with Crippen molar-refractivity contribution in [3.8, 4) is 0 Å². The van der Waals surface area contributed by atoms with Crippen molar-refractivity contribution < 1.29 is 15.0 Å². The first-order chi connectivity index (χ1) is 11.4. The van der Waals surface area contributed by atoms with Gasteiger partial charge in [0.25, 0.3) is 0 Å². The number of hydrogen-bond donors (Lipinski definition) is 2. The molecule has 0 aromatic heterocycles. The van der Waals surface area contributed by atoms with Crippen molar-refractivity contribution in [2.75, 3.05) is 7.05 Å². The van der Waals surface area contributed by atoms with Crippen LogP contribution in [-0.2, 0) is 4.79 Å². The third kappa shape index (κ3) is 4.02. The molecule has 2 aromatic rings. The number of likely N-dealkylation sites (N-methyl/N-ethyl adjacent to an activating group) is 1. The highest BCUT2D eigenvalue weighted by molar-refractivity contribution is 5.79. The Hall–Kier alpha value is -2.17. The molecular weight excluding hydrogens is 302 g/mol. The minimum Gasteiger partial charge on any atom is -0.388 e. The Labute approximate surface area is 143 Å². The molecule has 2 N–H and O–H groups in total. The number of carbonyl (C=O) groups excluding carboxylic acids is 1. The lowest BCUT2D eigenvalue weighted by Crippen LogP contribution is -2.43. The quantitative estimate of drug-likeness (QED) is 0.857. The maximum atomic E-state index is 12.7. The summed E-state index contributed by atoms with van der Waals surface area (Å²) in [5.74, 6) is -0.795. The second-order valence-electron chi connectivity index (χ2n) is 6.19. The molecule has 0 unspecified atom stereocenters. The predicted molar refractivity (Wildman–Crippen MR) is 94.2 cm³/mol. The van der Waals surface area contributed by atoms with Crippen LogP contribution in [-0.4, -0.2) is 34.1 Å². The molecule has 0 spiro atoms. The van der Waals surface area contributed by atoms with Gasteiger partial charge in [-0.15, -0.1) is 0 Å². The van der Waals surface area contributed by atoms with Gasteiger partial charge in [-0.2, -0.15) is 0 Å². The molecule has 4 atom stereocenters. The van der Waals surface area contributed by atoms with Gasteiger partial charge in [0.05, 0.1) is 24.2 Å². The maximum Gasteiger partial charge on any atom is 0.228 e. The Morgan fingerprint density at radius 3 is 1.71 bits per heavy atom. The normalized spacial score (nSPS) is 16.0. The predicted octanol–water partition coefficient (Wildman–Crippen LogP) is 2.94. The molecule has 2 rings (SSSR count). The van der Waals surface area contributed by atoms with Gasteiger partial charge >= 0.3 is 0 Å². The summed E-state index contributed by atoms with van der Waals surface area (Å²) in [7, 11) is 1.66. The van der Waals surface area contributed by atoms with Crippen LogP contribution in [0.2, 0.25) is 0 Å². The number of nitrogens with zero attached hydrogens (tertiary/aromatic N) is 1. The lowest BCUT2D eigenvalue weighted by Gasteiger charge is -2.32. The summed E-state index contributed by atoms with van der Waals surface area (Å²) in [5, 5.41) is 20.9. The summed E-state index contributed by atoms with van der Waals surface area (Å²) in [6, 6.07) is 18.0. The minimum atomic E-state index is -0.873. The van der Waals surface area contributed by atoms with Crippen molar-refractivity contribution in [3.05, 3.63) is 71.8 Å². The number of rotatable bonds is 6. The average molecular weight is 327 g/mol. The van der Waals surface area contributed by atoms with Crippen LogP contribution in [0.15, 0.2) is 60.7 Å². The van der Waals surface area contributed by atoms with Crippen LogP contribution in [0.4, 0.5) is 0 Å². The molecule has 0 saturated carbocycles. The summed E-state index contributed by atoms with van der Waals surface area (Å²) >= 11 is 0. The van der Waals surface area contributed by atoms with E-state index >= 15 is 0 Å². The Balaban J connectivity index is 2.07. The minimum absolute atomic E-state index is 0.200. The van der Waals surface area contributed by atoms with E-state index in [2.05, 4.69) is 0 Å². The number of amides is 1. The maximum absolute atomic E-state index is 12.7. The molecule has 0 heterocycles. The molecule has 0 fully saturated rings. The molecule has 0 saturated heterocycles. The van der Waals surface area contributed by atoms with Crippen LogP contribution in [0.25, 0.3) is 0 Å². The van der Waals surface area contributed by atoms with Gasteiger partial charge in [-0.1, -0.05) is 67.6 Å². The number of carbonyl (C=O) groups is 1. The first-order valence-corrected chi connectivity index (χ1v) is 8.16. The summed E-state index contributed by atoms with van der Waals surface area (Å²) in [5.41, 5.74) is 1.48. The summed E-state index contributed by atoms with van der Waals surface area (Å²) < 4.78 is 0. The molecule has 0 aliphatic carbocycles. The van der Waals surface area contributed by atoms with E-state index in [4.69, 9.17) is 0 Å². The van der Waals surface area contributed by atoms with E-state index in [1.54, 1.807) is 33.0 Å². The molecule has 2 aromatic carbocycles. The molecule has 4 heteroatoms. The van der Waals surface area contributed by atoms with E-state index in [0.717, 1.165) is 5.56 Å². The molecule has 0 bridgehead atoms. The van der Waals surface area contributed by atoms with Crippen molar-refractivity contribution in [3.63, 3.8) is 0 Å². The van der Waals surface area contributed by atoms with Gasteiger partial charge in [-0.25, -0.2) is 0 Å². The van der Waals surface area contributed by atoms with Gasteiger partial charge < -0.3 is 15.1 Å². The molecule has 128 valence electrons. The Bertz CT molecular complexity index is 644. The first-order valence-electron chi connectivity index (χ1n) is 8.16. The fourth-order valence-electron chi connectivity index (χ4n) is 2.74. The molecule has 0 radical (unpaired) electrons. The van der Waals surface area contributed by atoms with Crippen LogP contribution < -0.4 is 0 Å². The zero-order chi connectivity index (χ0) is 17.7. The van der Waals surface area contributed by atoms with Gasteiger partial charge in [0.15, 0.2) is 0 Å². The topological polar surface area (TPSA) is 60.8 Å². The number of aliphatic hydroxyl groups is 2. The highest BCUT2D eigenvalue weighted by Gasteiger charge is 2.31. The highest BCUT2D eigenvalue weighted by atomic mass is 16.3. The number of benzene rings is 2. The van der Waals surface area contributed by atoms with E-state index < -0.39 is 24.2 Å². The molecular formula is C20H25NO3. The standard InChI is InChI=1S/C20H25NO3/c1-14(18(22)16-10-6-4-7-11-16)20(24)21(3)15(2)19(23)17-12-8-5-9-13-17/h4-15,18-19,22-23H,1-3H3/t14-,15+,18-,19-/m1/s1. The van der Waals surface area contributed by atoms with E-state index in [1.165, 1.54) is 4.90 Å². The largest absolute Gasteiger partial charge is 0.388 e. The Morgan fingerprint density at radius 2 is 1.25 bits per heavy atom. The second-order valence-corrected chi connectivity index (χ2v) is 6.19. The van der Waals surface area contributed by atoms with Gasteiger partial charge in [0.2, 0.25) is 5.91 Å². The number of hydrogen-bond acceptors (Lipinski definition) is 3. The second kappa shape index (κ2) is 8.08. The van der Waals surface area contributed by atoms with Crippen molar-refractivity contribution in [1.82, 2.24) is 4.90 Å². The van der Waals surface area contributed by atoms with Crippen LogP contribution in [0, 0.1) is 5.92 Å². The van der Waals surface area contributed by atoms with Gasteiger partial charge in [-0.05, 0) is 18.1 Å². The smallest absolute Gasteiger partial charge is 0.228 e. The van der Waals surface area contributed by atoms with Crippen molar-refractivity contribution in [2.24, 2.45) is 5.92 Å². The third-order valence-corrected chi connectivity index (χ3v) is 4.56. The molecule has 0 aliphatic rings. The molecule has 0 aliphatic heterocycles. The number of aliphatic hydroxyl groups excluding tert-OH is 2. The summed E-state index contributed by atoms with van der Waals surface area (Å²) in [6.07, 6.45) is -1.65. The molecule has 1 amide bonds. The van der Waals surface area contributed by atoms with E-state index in [9.17, 15) is 15.0 Å². The van der Waals surface area contributed by atoms with Crippen LogP contribution in [0.5, 0.6) is 0 Å². The van der Waals surface area contributed by atoms with Crippen molar-refractivity contribution in [2.45, 2.75) is 32.1 Å². The summed E-state index contributed by atoms with van der Waals surface area (Å²) in [4.78, 5) is 14.2. The van der Waals surface area contributed by atoms with Gasteiger partial charge in [0.1, 0.15) is 0 Å². The van der Waals surface area contributed by atoms with Crippen LogP contribution in [0.1, 0.15) is 37.2 Å². The molecule has 4 nitrogen and oxygen atoms in total. The van der Waals surface area contributed by atoms with Crippen molar-refractivity contribution >= 4 is 5.91 Å². The van der Waals surface area contributed by atoms with Gasteiger partial charge in [0, 0.05) is 7.05 Å². The zero-order valence-corrected chi connectivity index (χ0v) is 14.3. The van der Waals surface area contributed by atoms with Crippen LogP contribution >= 0.6 is 0 Å². The monoisotopic (exact) mass is 327 g/mol. The Morgan fingerprint density at radius 1 is 0.833 bits per heavy atom. The zero-order valence-electron chi connectivity index (χ0n) is 14.3. The third-order valence-electron chi connectivity index (χ3n) is 4.56. The average Bonchev–Trinajstić information content (AvgIpc) is 2.65. The lowest BCUT2D eigenvalue weighted by molar-refractivity contribution is -0.141.